The Morgan fingerprint density at radius 1 is 1.27 bits per heavy atom. The van der Waals surface area contributed by atoms with Crippen LogP contribution in [0.3, 0.4) is 0 Å². The van der Waals surface area contributed by atoms with E-state index in [1.165, 1.54) is 25.2 Å². The van der Waals surface area contributed by atoms with E-state index in [0.717, 1.165) is 17.1 Å². The van der Waals surface area contributed by atoms with Gasteiger partial charge in [0, 0.05) is 6.54 Å². The molecule has 1 heterocycles. The Labute approximate surface area is 93.5 Å². The summed E-state index contributed by atoms with van der Waals surface area (Å²) in [6.45, 7) is 7.59. The summed E-state index contributed by atoms with van der Waals surface area (Å²) in [5.41, 5.74) is 1.46. The molecule has 82 valence electrons. The molecule has 0 spiro atoms. The van der Waals surface area contributed by atoms with Crippen molar-refractivity contribution >= 4 is 27.9 Å². The smallest absolute Gasteiger partial charge is 0.170 e. The number of hydrogen-bond donors (Lipinski definition) is 1. The van der Waals surface area contributed by atoms with Crippen LogP contribution in [0, 0.1) is 6.92 Å². The van der Waals surface area contributed by atoms with Gasteiger partial charge in [-0.15, -0.1) is 11.3 Å². The Morgan fingerprint density at radius 3 is 2.27 bits per heavy atom. The van der Waals surface area contributed by atoms with E-state index < -0.39 is 0 Å². The zero-order chi connectivity index (χ0) is 11.6. The molecule has 0 aliphatic heterocycles. The fraction of sp³-hybridized carbons (Fsp3) is 0.455. The largest absolute Gasteiger partial charge is 0.377 e. The second-order valence-corrected chi connectivity index (χ2v) is 4.42. The first-order valence-electron chi connectivity index (χ1n) is 4.88. The number of rotatable bonds is 4. The number of Topliss-reactive ketones (excluding diaryl/α,β-unsaturated/α-hetero) is 2. The lowest BCUT2D eigenvalue weighted by Gasteiger charge is -2.01. The van der Waals surface area contributed by atoms with Gasteiger partial charge in [-0.25, -0.2) is 0 Å². The molecule has 0 bridgehead atoms. The summed E-state index contributed by atoms with van der Waals surface area (Å²) in [4.78, 5) is 23.5. The molecule has 15 heavy (non-hydrogen) atoms. The molecule has 1 rings (SSSR count). The topological polar surface area (TPSA) is 46.2 Å². The second-order valence-electron chi connectivity index (χ2n) is 3.40. The predicted octanol–water partition coefficient (Wildman–Crippen LogP) is 2.89. The number of carbonyl (C=O) groups excluding carboxylic acids is 2. The highest BCUT2D eigenvalue weighted by atomic mass is 32.1. The second kappa shape index (κ2) is 4.57. The highest BCUT2D eigenvalue weighted by Gasteiger charge is 2.19. The molecular formula is C11H15NO2S. The molecule has 0 saturated heterocycles. The summed E-state index contributed by atoms with van der Waals surface area (Å²) >= 11 is 1.37. The lowest BCUT2D eigenvalue weighted by Crippen LogP contribution is -2.02. The number of thiophene rings is 1. The lowest BCUT2D eigenvalue weighted by atomic mass is 10.1. The van der Waals surface area contributed by atoms with E-state index in [1.807, 2.05) is 13.8 Å². The van der Waals surface area contributed by atoms with Crippen molar-refractivity contribution < 1.29 is 9.59 Å². The monoisotopic (exact) mass is 225 g/mol. The van der Waals surface area contributed by atoms with Crippen LogP contribution < -0.4 is 5.32 Å². The average Bonchev–Trinajstić information content (AvgIpc) is 2.43. The van der Waals surface area contributed by atoms with Crippen molar-refractivity contribution in [3.8, 4) is 0 Å². The SMILES string of the molecule is CCNc1sc(C(C)=O)c(C)c1C(C)=O. The molecule has 1 aromatic heterocycles. The maximum Gasteiger partial charge on any atom is 0.170 e. The minimum Gasteiger partial charge on any atom is -0.377 e. The van der Waals surface area contributed by atoms with Crippen molar-refractivity contribution in [3.05, 3.63) is 16.0 Å². The maximum absolute atomic E-state index is 11.5. The van der Waals surface area contributed by atoms with Crippen molar-refractivity contribution in [2.24, 2.45) is 0 Å². The number of anilines is 1. The van der Waals surface area contributed by atoms with Crippen molar-refractivity contribution in [2.75, 3.05) is 11.9 Å². The Hall–Kier alpha value is -1.16. The van der Waals surface area contributed by atoms with Gasteiger partial charge < -0.3 is 5.32 Å². The molecule has 1 aromatic rings. The Kier molecular flexibility index (Phi) is 3.63. The van der Waals surface area contributed by atoms with Crippen molar-refractivity contribution in [3.63, 3.8) is 0 Å². The molecule has 0 aliphatic carbocycles. The molecule has 0 fully saturated rings. The molecule has 0 saturated carbocycles. The molecule has 0 aromatic carbocycles. The van der Waals surface area contributed by atoms with E-state index in [9.17, 15) is 9.59 Å². The van der Waals surface area contributed by atoms with Gasteiger partial charge in [-0.05, 0) is 33.3 Å². The van der Waals surface area contributed by atoms with Crippen LogP contribution in [0.2, 0.25) is 0 Å². The Morgan fingerprint density at radius 2 is 1.87 bits per heavy atom. The fourth-order valence-corrected chi connectivity index (χ4v) is 2.78. The summed E-state index contributed by atoms with van der Waals surface area (Å²) in [6.07, 6.45) is 0. The van der Waals surface area contributed by atoms with Crippen LogP contribution in [0.15, 0.2) is 0 Å². The zero-order valence-corrected chi connectivity index (χ0v) is 10.2. The van der Waals surface area contributed by atoms with Gasteiger partial charge in [0.1, 0.15) is 5.00 Å². The Bertz CT molecular complexity index is 407. The Balaban J connectivity index is 3.32. The van der Waals surface area contributed by atoms with Gasteiger partial charge in [0.2, 0.25) is 0 Å². The summed E-state index contributed by atoms with van der Waals surface area (Å²) in [6, 6.07) is 0. The predicted molar refractivity (Wildman–Crippen MR) is 63.2 cm³/mol. The molecule has 3 nitrogen and oxygen atoms in total. The van der Waals surface area contributed by atoms with Crippen molar-refractivity contribution in [1.82, 2.24) is 0 Å². The van der Waals surface area contributed by atoms with E-state index >= 15 is 0 Å². The van der Waals surface area contributed by atoms with E-state index in [2.05, 4.69) is 5.32 Å². The first-order chi connectivity index (χ1) is 6.99. The molecule has 0 unspecified atom stereocenters. The molecule has 0 aliphatic rings. The molecule has 4 heteroatoms. The summed E-state index contributed by atoms with van der Waals surface area (Å²) in [7, 11) is 0. The molecule has 0 amide bonds. The third-order valence-corrected chi connectivity index (χ3v) is 3.51. The minimum absolute atomic E-state index is 0.00667. The van der Waals surface area contributed by atoms with Crippen molar-refractivity contribution in [1.29, 1.82) is 0 Å². The molecule has 0 radical (unpaired) electrons. The molecular weight excluding hydrogens is 210 g/mol. The van der Waals surface area contributed by atoms with E-state index in [1.54, 1.807) is 0 Å². The first kappa shape index (κ1) is 11.9. The lowest BCUT2D eigenvalue weighted by molar-refractivity contribution is 0.101. The van der Waals surface area contributed by atoms with Crippen LogP contribution in [0.5, 0.6) is 0 Å². The van der Waals surface area contributed by atoms with Gasteiger partial charge >= 0.3 is 0 Å². The number of hydrogen-bond acceptors (Lipinski definition) is 4. The normalized spacial score (nSPS) is 10.1. The van der Waals surface area contributed by atoms with Crippen LogP contribution in [0.4, 0.5) is 5.00 Å². The van der Waals surface area contributed by atoms with Gasteiger partial charge in [0.15, 0.2) is 11.6 Å². The summed E-state index contributed by atoms with van der Waals surface area (Å²) in [5.74, 6) is 0.0244. The maximum atomic E-state index is 11.5. The highest BCUT2D eigenvalue weighted by molar-refractivity contribution is 7.18. The van der Waals surface area contributed by atoms with Gasteiger partial charge in [0.25, 0.3) is 0 Å². The van der Waals surface area contributed by atoms with Gasteiger partial charge in [-0.2, -0.15) is 0 Å². The third kappa shape index (κ3) is 2.26. The fourth-order valence-electron chi connectivity index (χ4n) is 1.56. The highest BCUT2D eigenvalue weighted by Crippen LogP contribution is 2.33. The van der Waals surface area contributed by atoms with Crippen LogP contribution >= 0.6 is 11.3 Å². The molecule has 0 atom stereocenters. The number of nitrogens with one attached hydrogen (secondary N) is 1. The van der Waals surface area contributed by atoms with Crippen LogP contribution in [-0.2, 0) is 0 Å². The zero-order valence-electron chi connectivity index (χ0n) is 9.43. The third-order valence-electron chi connectivity index (χ3n) is 2.16. The van der Waals surface area contributed by atoms with E-state index in [0.29, 0.717) is 10.4 Å². The standard InChI is InChI=1S/C11H15NO2S/c1-5-12-11-9(7(3)13)6(2)10(15-11)8(4)14/h12H,5H2,1-4H3. The summed E-state index contributed by atoms with van der Waals surface area (Å²) in [5, 5.41) is 3.93. The van der Waals surface area contributed by atoms with E-state index in [-0.39, 0.29) is 11.6 Å². The van der Waals surface area contributed by atoms with Gasteiger partial charge in [0.05, 0.1) is 10.4 Å². The van der Waals surface area contributed by atoms with Crippen LogP contribution in [0.1, 0.15) is 46.4 Å². The van der Waals surface area contributed by atoms with Crippen LogP contribution in [-0.4, -0.2) is 18.1 Å². The average molecular weight is 225 g/mol. The van der Waals surface area contributed by atoms with Crippen LogP contribution in [0.25, 0.3) is 0 Å². The van der Waals surface area contributed by atoms with Crippen molar-refractivity contribution in [2.45, 2.75) is 27.7 Å². The number of carbonyl (C=O) groups is 2. The first-order valence-corrected chi connectivity index (χ1v) is 5.69. The molecule has 1 N–H and O–H groups in total. The van der Waals surface area contributed by atoms with E-state index in [4.69, 9.17) is 0 Å². The minimum atomic E-state index is 0.00667. The number of ketones is 2. The summed E-state index contributed by atoms with van der Waals surface area (Å²) < 4.78 is 0. The quantitative estimate of drug-likeness (QED) is 0.801. The van der Waals surface area contributed by atoms with Gasteiger partial charge in [-0.1, -0.05) is 0 Å². The van der Waals surface area contributed by atoms with Gasteiger partial charge in [-0.3, -0.25) is 9.59 Å².